The van der Waals surface area contributed by atoms with Gasteiger partial charge in [0.05, 0.1) is 12.5 Å². The average Bonchev–Trinajstić information content (AvgIpc) is 2.81. The third-order valence-corrected chi connectivity index (χ3v) is 3.16. The number of hydrogen-bond acceptors (Lipinski definition) is 4. The van der Waals surface area contributed by atoms with Gasteiger partial charge in [-0.25, -0.2) is 0 Å². The van der Waals surface area contributed by atoms with Gasteiger partial charge in [0, 0.05) is 6.04 Å². The Bertz CT molecular complexity index is 514. The second-order valence-electron chi connectivity index (χ2n) is 4.27. The van der Waals surface area contributed by atoms with E-state index in [1.54, 1.807) is 13.0 Å². The zero-order valence-electron chi connectivity index (χ0n) is 11.0. The average molecular weight is 347 g/mol. The van der Waals surface area contributed by atoms with Gasteiger partial charge in [-0.15, -0.1) is 0 Å². The van der Waals surface area contributed by atoms with E-state index in [2.05, 4.69) is 26.6 Å². The van der Waals surface area contributed by atoms with Gasteiger partial charge >= 0.3 is 5.97 Å². The molecule has 0 saturated heterocycles. The maximum atomic E-state index is 11.6. The minimum absolute atomic E-state index is 0.0802. The summed E-state index contributed by atoms with van der Waals surface area (Å²) >= 11 is 3.06. The first-order valence-electron chi connectivity index (χ1n) is 5.87. The van der Waals surface area contributed by atoms with E-state index in [1.807, 2.05) is 0 Å². The summed E-state index contributed by atoms with van der Waals surface area (Å²) in [7, 11) is 0. The minimum atomic E-state index is -0.998. The predicted octanol–water partition coefficient (Wildman–Crippen LogP) is 0.997. The van der Waals surface area contributed by atoms with E-state index < -0.39 is 29.7 Å². The van der Waals surface area contributed by atoms with Crippen LogP contribution in [0.3, 0.4) is 0 Å². The van der Waals surface area contributed by atoms with Crippen molar-refractivity contribution in [3.05, 3.63) is 22.6 Å². The van der Waals surface area contributed by atoms with Crippen molar-refractivity contribution in [1.82, 2.24) is 10.6 Å². The second kappa shape index (κ2) is 7.09. The van der Waals surface area contributed by atoms with Gasteiger partial charge in [-0.1, -0.05) is 0 Å². The number of carboxylic acid groups (broad SMARTS) is 1. The van der Waals surface area contributed by atoms with E-state index >= 15 is 0 Å². The number of rotatable bonds is 6. The molecule has 1 aromatic rings. The lowest BCUT2D eigenvalue weighted by atomic mass is 10.0. The van der Waals surface area contributed by atoms with Crippen LogP contribution >= 0.6 is 15.9 Å². The molecule has 2 amide bonds. The number of carbonyl (C=O) groups is 3. The molecule has 0 spiro atoms. The zero-order valence-corrected chi connectivity index (χ0v) is 12.6. The summed E-state index contributed by atoms with van der Waals surface area (Å²) in [5.41, 5.74) is 0. The van der Waals surface area contributed by atoms with Gasteiger partial charge in [-0.2, -0.15) is 0 Å². The fraction of sp³-hybridized carbons (Fsp3) is 0.417. The maximum absolute atomic E-state index is 11.6. The maximum Gasteiger partial charge on any atom is 0.308 e. The molecule has 2 unspecified atom stereocenters. The monoisotopic (exact) mass is 346 g/mol. The van der Waals surface area contributed by atoms with Gasteiger partial charge in [-0.05, 0) is 41.9 Å². The minimum Gasteiger partial charge on any atom is -0.481 e. The summed E-state index contributed by atoms with van der Waals surface area (Å²) in [4.78, 5) is 33.9. The lowest BCUT2D eigenvalue weighted by Gasteiger charge is -2.17. The summed E-state index contributed by atoms with van der Waals surface area (Å²) in [5.74, 6) is -2.62. The van der Waals surface area contributed by atoms with Gasteiger partial charge in [0.25, 0.3) is 5.91 Å². The second-order valence-corrected chi connectivity index (χ2v) is 5.05. The summed E-state index contributed by atoms with van der Waals surface area (Å²) in [6.45, 7) is 2.82. The van der Waals surface area contributed by atoms with Crippen LogP contribution in [0.15, 0.2) is 21.2 Å². The third-order valence-electron chi connectivity index (χ3n) is 2.73. The largest absolute Gasteiger partial charge is 0.481 e. The number of furan rings is 1. The van der Waals surface area contributed by atoms with Crippen molar-refractivity contribution < 1.29 is 23.9 Å². The summed E-state index contributed by atoms with van der Waals surface area (Å²) in [6, 6.07) is 2.49. The molecule has 20 heavy (non-hydrogen) atoms. The fourth-order valence-corrected chi connectivity index (χ4v) is 1.63. The molecule has 0 aromatic carbocycles. The van der Waals surface area contributed by atoms with Crippen molar-refractivity contribution in [2.45, 2.75) is 19.9 Å². The van der Waals surface area contributed by atoms with Crippen LogP contribution in [0.5, 0.6) is 0 Å². The molecule has 2 atom stereocenters. The van der Waals surface area contributed by atoms with Crippen LogP contribution in [0, 0.1) is 5.92 Å². The standard InChI is InChI=1S/C12H15BrN2O5/c1-6(12(18)19)7(2)15-10(16)5-14-11(17)8-3-4-9(13)20-8/h3-4,6-7H,5H2,1-2H3,(H,14,17)(H,15,16)(H,18,19). The third kappa shape index (κ3) is 4.69. The number of hydrogen-bond donors (Lipinski definition) is 3. The topological polar surface area (TPSA) is 109 Å². The van der Waals surface area contributed by atoms with Crippen LogP contribution in [-0.4, -0.2) is 35.5 Å². The van der Waals surface area contributed by atoms with Crippen LogP contribution in [0.2, 0.25) is 0 Å². The highest BCUT2D eigenvalue weighted by Gasteiger charge is 2.21. The first-order valence-corrected chi connectivity index (χ1v) is 6.66. The number of amides is 2. The van der Waals surface area contributed by atoms with Crippen LogP contribution in [-0.2, 0) is 9.59 Å². The van der Waals surface area contributed by atoms with Crippen molar-refractivity contribution in [2.75, 3.05) is 6.54 Å². The molecule has 110 valence electrons. The highest BCUT2D eigenvalue weighted by Crippen LogP contribution is 2.13. The van der Waals surface area contributed by atoms with E-state index in [9.17, 15) is 14.4 Å². The highest BCUT2D eigenvalue weighted by molar-refractivity contribution is 9.10. The molecule has 0 aliphatic rings. The number of carbonyl (C=O) groups excluding carboxylic acids is 2. The van der Waals surface area contributed by atoms with E-state index in [4.69, 9.17) is 9.52 Å². The molecule has 0 radical (unpaired) electrons. The molecule has 7 nitrogen and oxygen atoms in total. The van der Waals surface area contributed by atoms with Crippen molar-refractivity contribution in [3.63, 3.8) is 0 Å². The number of aliphatic carboxylic acids is 1. The Morgan fingerprint density at radius 3 is 2.50 bits per heavy atom. The van der Waals surface area contributed by atoms with Crippen molar-refractivity contribution >= 4 is 33.7 Å². The van der Waals surface area contributed by atoms with Crippen molar-refractivity contribution in [2.24, 2.45) is 5.92 Å². The zero-order chi connectivity index (χ0) is 15.3. The predicted molar refractivity (Wildman–Crippen MR) is 73.1 cm³/mol. The fourth-order valence-electron chi connectivity index (χ4n) is 1.33. The Morgan fingerprint density at radius 1 is 1.35 bits per heavy atom. The Kier molecular flexibility index (Phi) is 5.75. The molecule has 0 bridgehead atoms. The van der Waals surface area contributed by atoms with Crippen LogP contribution in [0.1, 0.15) is 24.4 Å². The molecule has 0 aliphatic carbocycles. The van der Waals surface area contributed by atoms with E-state index in [1.165, 1.54) is 13.0 Å². The summed E-state index contributed by atoms with van der Waals surface area (Å²) in [6.07, 6.45) is 0. The first-order chi connectivity index (χ1) is 9.31. The molecule has 0 fully saturated rings. The Labute approximate surface area is 123 Å². The molecule has 1 aromatic heterocycles. The van der Waals surface area contributed by atoms with Crippen molar-refractivity contribution in [3.8, 4) is 0 Å². The molecule has 1 heterocycles. The van der Waals surface area contributed by atoms with Gasteiger partial charge in [0.2, 0.25) is 5.91 Å². The van der Waals surface area contributed by atoms with Crippen molar-refractivity contribution in [1.29, 1.82) is 0 Å². The molecule has 3 N–H and O–H groups in total. The molecule has 8 heteroatoms. The van der Waals surface area contributed by atoms with Crippen LogP contribution in [0.25, 0.3) is 0 Å². The van der Waals surface area contributed by atoms with E-state index in [-0.39, 0.29) is 12.3 Å². The molecule has 1 rings (SSSR count). The van der Waals surface area contributed by atoms with Crippen LogP contribution in [0.4, 0.5) is 0 Å². The van der Waals surface area contributed by atoms with Gasteiger partial charge in [-0.3, -0.25) is 14.4 Å². The molecular formula is C12H15BrN2O5. The smallest absolute Gasteiger partial charge is 0.308 e. The normalized spacial score (nSPS) is 13.3. The van der Waals surface area contributed by atoms with Crippen LogP contribution < -0.4 is 10.6 Å². The van der Waals surface area contributed by atoms with Gasteiger partial charge in [0.15, 0.2) is 10.4 Å². The van der Waals surface area contributed by atoms with E-state index in [0.717, 1.165) is 0 Å². The quantitative estimate of drug-likeness (QED) is 0.711. The Balaban J connectivity index is 2.40. The molecular weight excluding hydrogens is 332 g/mol. The SMILES string of the molecule is CC(NC(=O)CNC(=O)c1ccc(Br)o1)C(C)C(=O)O. The lowest BCUT2D eigenvalue weighted by molar-refractivity contribution is -0.142. The number of carboxylic acids is 1. The lowest BCUT2D eigenvalue weighted by Crippen LogP contribution is -2.44. The molecule has 0 saturated carbocycles. The van der Waals surface area contributed by atoms with Gasteiger partial charge < -0.3 is 20.2 Å². The highest BCUT2D eigenvalue weighted by atomic mass is 79.9. The Hall–Kier alpha value is -1.83. The molecule has 0 aliphatic heterocycles. The summed E-state index contributed by atoms with van der Waals surface area (Å²) in [5, 5.41) is 13.7. The summed E-state index contributed by atoms with van der Waals surface area (Å²) < 4.78 is 5.44. The first kappa shape index (κ1) is 16.2. The Morgan fingerprint density at radius 2 is 2.00 bits per heavy atom. The van der Waals surface area contributed by atoms with Gasteiger partial charge in [0.1, 0.15) is 0 Å². The van der Waals surface area contributed by atoms with E-state index in [0.29, 0.717) is 4.67 Å². The number of halogens is 1. The number of nitrogens with one attached hydrogen (secondary N) is 2.